The minimum absolute atomic E-state index is 0.0377. The van der Waals surface area contributed by atoms with Crippen LogP contribution < -0.4 is 5.32 Å². The van der Waals surface area contributed by atoms with E-state index in [4.69, 9.17) is 0 Å². The van der Waals surface area contributed by atoms with Gasteiger partial charge >= 0.3 is 0 Å². The summed E-state index contributed by atoms with van der Waals surface area (Å²) in [6, 6.07) is 11.6. The van der Waals surface area contributed by atoms with Crippen molar-refractivity contribution in [3.8, 4) is 0 Å². The van der Waals surface area contributed by atoms with Crippen LogP contribution in [-0.4, -0.2) is 25.8 Å². The highest BCUT2D eigenvalue weighted by molar-refractivity contribution is 5.93. The zero-order valence-corrected chi connectivity index (χ0v) is 12.3. The first kappa shape index (κ1) is 13.5. The lowest BCUT2D eigenvalue weighted by Gasteiger charge is -2.04. The van der Waals surface area contributed by atoms with Gasteiger partial charge in [0.2, 0.25) is 5.91 Å². The standard InChI is InChI=1S/C17H15N5O/c23-16(20-12-4-3-11-7-9-18-14(11)10-12)6-5-15-21-13-2-1-8-19-17(13)22-15/h1-4,7-10,18H,5-6H2,(H,20,23)(H,19,21,22). The molecule has 3 N–H and O–H groups in total. The van der Waals surface area contributed by atoms with Crippen LogP contribution in [-0.2, 0) is 11.2 Å². The van der Waals surface area contributed by atoms with Crippen molar-refractivity contribution in [2.45, 2.75) is 12.8 Å². The zero-order valence-electron chi connectivity index (χ0n) is 12.3. The van der Waals surface area contributed by atoms with E-state index < -0.39 is 0 Å². The summed E-state index contributed by atoms with van der Waals surface area (Å²) in [5.74, 6) is 0.734. The number of nitrogens with zero attached hydrogens (tertiary/aromatic N) is 2. The van der Waals surface area contributed by atoms with E-state index in [1.165, 1.54) is 0 Å². The maximum absolute atomic E-state index is 12.1. The van der Waals surface area contributed by atoms with Crippen LogP contribution in [0.1, 0.15) is 12.2 Å². The largest absolute Gasteiger partial charge is 0.361 e. The Balaban J connectivity index is 1.41. The molecular weight excluding hydrogens is 290 g/mol. The molecule has 3 aromatic heterocycles. The molecule has 0 saturated carbocycles. The summed E-state index contributed by atoms with van der Waals surface area (Å²) in [5, 5.41) is 4.03. The van der Waals surface area contributed by atoms with Crippen molar-refractivity contribution in [2.75, 3.05) is 5.32 Å². The van der Waals surface area contributed by atoms with Gasteiger partial charge in [0.25, 0.3) is 0 Å². The van der Waals surface area contributed by atoms with E-state index in [-0.39, 0.29) is 5.91 Å². The highest BCUT2D eigenvalue weighted by atomic mass is 16.1. The van der Waals surface area contributed by atoms with E-state index in [1.807, 2.05) is 42.6 Å². The van der Waals surface area contributed by atoms with Crippen molar-refractivity contribution in [1.82, 2.24) is 19.9 Å². The first-order valence-electron chi connectivity index (χ1n) is 7.44. The molecule has 0 unspecified atom stereocenters. The maximum atomic E-state index is 12.1. The second-order valence-electron chi connectivity index (χ2n) is 5.39. The number of imidazole rings is 1. The molecule has 114 valence electrons. The van der Waals surface area contributed by atoms with Crippen LogP contribution in [0.25, 0.3) is 22.1 Å². The number of benzene rings is 1. The predicted octanol–water partition coefficient (Wildman–Crippen LogP) is 3.01. The monoisotopic (exact) mass is 305 g/mol. The third kappa shape index (κ3) is 2.78. The van der Waals surface area contributed by atoms with E-state index in [2.05, 4.69) is 25.3 Å². The molecule has 3 heterocycles. The molecule has 1 aromatic carbocycles. The molecule has 4 rings (SSSR count). The second-order valence-corrected chi connectivity index (χ2v) is 5.39. The Labute approximate surface area is 132 Å². The molecule has 0 atom stereocenters. The first-order chi connectivity index (χ1) is 11.3. The van der Waals surface area contributed by atoms with E-state index in [9.17, 15) is 4.79 Å². The molecule has 4 aromatic rings. The third-order valence-electron chi connectivity index (χ3n) is 3.73. The normalized spacial score (nSPS) is 11.1. The average Bonchev–Trinajstić information content (AvgIpc) is 3.18. The first-order valence-corrected chi connectivity index (χ1v) is 7.44. The van der Waals surface area contributed by atoms with Crippen molar-refractivity contribution in [2.24, 2.45) is 0 Å². The van der Waals surface area contributed by atoms with Crippen molar-refractivity contribution in [1.29, 1.82) is 0 Å². The van der Waals surface area contributed by atoms with Gasteiger partial charge in [-0.15, -0.1) is 0 Å². The van der Waals surface area contributed by atoms with Crippen molar-refractivity contribution in [3.05, 3.63) is 54.6 Å². The van der Waals surface area contributed by atoms with Gasteiger partial charge in [0, 0.05) is 36.4 Å². The van der Waals surface area contributed by atoms with Gasteiger partial charge in [-0.25, -0.2) is 9.97 Å². The van der Waals surface area contributed by atoms with Crippen molar-refractivity contribution >= 4 is 33.7 Å². The molecule has 6 nitrogen and oxygen atoms in total. The van der Waals surface area contributed by atoms with Gasteiger partial charge in [0.05, 0.1) is 5.52 Å². The topological polar surface area (TPSA) is 86.5 Å². The molecule has 1 amide bonds. The van der Waals surface area contributed by atoms with Gasteiger partial charge in [-0.3, -0.25) is 4.79 Å². The molecular formula is C17H15N5O. The van der Waals surface area contributed by atoms with Crippen LogP contribution in [0.15, 0.2) is 48.8 Å². The molecule has 0 bridgehead atoms. The number of H-pyrrole nitrogens is 2. The number of pyridine rings is 1. The number of aromatic nitrogens is 4. The van der Waals surface area contributed by atoms with Crippen LogP contribution >= 0.6 is 0 Å². The smallest absolute Gasteiger partial charge is 0.224 e. The fraction of sp³-hybridized carbons (Fsp3) is 0.118. The van der Waals surface area contributed by atoms with Gasteiger partial charge in [-0.2, -0.15) is 0 Å². The fourth-order valence-corrected chi connectivity index (χ4v) is 2.59. The zero-order chi connectivity index (χ0) is 15.6. The Morgan fingerprint density at radius 2 is 2.13 bits per heavy atom. The highest BCUT2D eigenvalue weighted by Crippen LogP contribution is 2.18. The van der Waals surface area contributed by atoms with Gasteiger partial charge in [-0.05, 0) is 35.7 Å². The van der Waals surface area contributed by atoms with E-state index in [1.54, 1.807) is 6.20 Å². The molecule has 0 saturated heterocycles. The Bertz CT molecular complexity index is 952. The quantitative estimate of drug-likeness (QED) is 0.541. The van der Waals surface area contributed by atoms with Crippen LogP contribution in [0.2, 0.25) is 0 Å². The molecule has 0 fully saturated rings. The number of aryl methyl sites for hydroxylation is 1. The van der Waals surface area contributed by atoms with Gasteiger partial charge in [0.15, 0.2) is 5.65 Å². The lowest BCUT2D eigenvalue weighted by molar-refractivity contribution is -0.116. The van der Waals surface area contributed by atoms with Crippen LogP contribution in [0, 0.1) is 0 Å². The lowest BCUT2D eigenvalue weighted by Crippen LogP contribution is -2.12. The third-order valence-corrected chi connectivity index (χ3v) is 3.73. The van der Waals surface area contributed by atoms with Crippen LogP contribution in [0.5, 0.6) is 0 Å². The number of hydrogen-bond acceptors (Lipinski definition) is 3. The maximum Gasteiger partial charge on any atom is 0.224 e. The molecule has 0 spiro atoms. The van der Waals surface area contributed by atoms with E-state index >= 15 is 0 Å². The Morgan fingerprint density at radius 3 is 3.04 bits per heavy atom. The Hall–Kier alpha value is -3.15. The number of aromatic amines is 2. The van der Waals surface area contributed by atoms with E-state index in [0.29, 0.717) is 18.5 Å². The number of nitrogens with one attached hydrogen (secondary N) is 3. The van der Waals surface area contributed by atoms with Gasteiger partial charge in [0.1, 0.15) is 5.82 Å². The summed E-state index contributed by atoms with van der Waals surface area (Å²) in [5.41, 5.74) is 3.36. The summed E-state index contributed by atoms with van der Waals surface area (Å²) < 4.78 is 0. The van der Waals surface area contributed by atoms with Gasteiger partial charge < -0.3 is 15.3 Å². The fourth-order valence-electron chi connectivity index (χ4n) is 2.59. The SMILES string of the molecule is O=C(CCc1nc2ncccc2[nH]1)Nc1ccc2cc[nH]c2c1. The average molecular weight is 305 g/mol. The molecule has 0 aliphatic heterocycles. The minimum Gasteiger partial charge on any atom is -0.361 e. The molecule has 23 heavy (non-hydrogen) atoms. The van der Waals surface area contributed by atoms with Crippen LogP contribution in [0.3, 0.4) is 0 Å². The Kier molecular flexibility index (Phi) is 3.27. The summed E-state index contributed by atoms with van der Waals surface area (Å²) in [4.78, 5) is 27.0. The molecule has 0 radical (unpaired) electrons. The summed E-state index contributed by atoms with van der Waals surface area (Å²) >= 11 is 0. The summed E-state index contributed by atoms with van der Waals surface area (Å²) in [6.45, 7) is 0. The van der Waals surface area contributed by atoms with Crippen molar-refractivity contribution < 1.29 is 4.79 Å². The summed E-state index contributed by atoms with van der Waals surface area (Å²) in [7, 11) is 0. The number of carbonyl (C=O) groups excluding carboxylic acids is 1. The number of hydrogen-bond donors (Lipinski definition) is 3. The van der Waals surface area contributed by atoms with E-state index in [0.717, 1.165) is 27.9 Å². The highest BCUT2D eigenvalue weighted by Gasteiger charge is 2.07. The summed E-state index contributed by atoms with van der Waals surface area (Å²) in [6.07, 6.45) is 4.50. The van der Waals surface area contributed by atoms with Crippen molar-refractivity contribution in [3.63, 3.8) is 0 Å². The Morgan fingerprint density at radius 1 is 1.17 bits per heavy atom. The number of fused-ring (bicyclic) bond motifs is 2. The predicted molar refractivity (Wildman–Crippen MR) is 89.1 cm³/mol. The number of carbonyl (C=O) groups is 1. The minimum atomic E-state index is -0.0377. The lowest BCUT2D eigenvalue weighted by atomic mass is 10.2. The molecule has 0 aliphatic rings. The van der Waals surface area contributed by atoms with Gasteiger partial charge in [-0.1, -0.05) is 6.07 Å². The number of amides is 1. The molecule has 0 aliphatic carbocycles. The number of rotatable bonds is 4. The van der Waals surface area contributed by atoms with Crippen LogP contribution in [0.4, 0.5) is 5.69 Å². The second kappa shape index (κ2) is 5.57. The molecule has 6 heteroatoms. The number of anilines is 1.